The Kier molecular flexibility index (Phi) is 4.55. The first kappa shape index (κ1) is 15.5. The number of carbonyl (C=O) groups excluding carboxylic acids is 3. The van der Waals surface area contributed by atoms with Crippen LogP contribution in [0.2, 0.25) is 0 Å². The number of aromatic nitrogens is 1. The molecule has 0 spiro atoms. The van der Waals surface area contributed by atoms with Crippen molar-refractivity contribution in [2.75, 3.05) is 18.0 Å². The van der Waals surface area contributed by atoms with Crippen LogP contribution in [0.5, 0.6) is 5.75 Å². The molecule has 2 amide bonds. The van der Waals surface area contributed by atoms with Crippen LogP contribution in [-0.4, -0.2) is 42.3 Å². The number of hydrogen-bond acceptors (Lipinski definition) is 6. The molecule has 0 aromatic carbocycles. The van der Waals surface area contributed by atoms with Crippen molar-refractivity contribution in [3.63, 3.8) is 0 Å². The van der Waals surface area contributed by atoms with E-state index in [4.69, 9.17) is 4.74 Å². The Hall–Kier alpha value is -2.44. The third kappa shape index (κ3) is 3.67. The number of carbonyl (C=O) groups is 3. The minimum Gasteiger partial charge on any atom is -0.479 e. The second kappa shape index (κ2) is 6.76. The first-order chi connectivity index (χ1) is 11.2. The maximum absolute atomic E-state index is 11.7. The molecule has 2 aliphatic heterocycles. The van der Waals surface area contributed by atoms with E-state index in [9.17, 15) is 14.4 Å². The van der Waals surface area contributed by atoms with Crippen LogP contribution < -0.4 is 15.0 Å². The zero-order valence-corrected chi connectivity index (χ0v) is 12.7. The number of nitrogens with one attached hydrogen (secondary N) is 1. The number of anilines is 1. The smallest absolute Gasteiger partial charge is 0.267 e. The zero-order chi connectivity index (χ0) is 16.2. The van der Waals surface area contributed by atoms with Crippen molar-refractivity contribution >= 4 is 23.9 Å². The molecule has 0 bridgehead atoms. The lowest BCUT2D eigenvalue weighted by Crippen LogP contribution is -2.46. The van der Waals surface area contributed by atoms with Gasteiger partial charge in [-0.1, -0.05) is 0 Å². The summed E-state index contributed by atoms with van der Waals surface area (Å²) < 4.78 is 5.60. The summed E-state index contributed by atoms with van der Waals surface area (Å²) in [7, 11) is 0. The average molecular weight is 317 g/mol. The fourth-order valence-electron chi connectivity index (χ4n) is 2.84. The van der Waals surface area contributed by atoms with E-state index in [1.54, 1.807) is 12.3 Å². The van der Waals surface area contributed by atoms with E-state index in [1.165, 1.54) is 0 Å². The van der Waals surface area contributed by atoms with Gasteiger partial charge in [0.15, 0.2) is 6.10 Å². The van der Waals surface area contributed by atoms with E-state index >= 15 is 0 Å². The molecule has 3 rings (SSSR count). The van der Waals surface area contributed by atoms with Crippen LogP contribution in [-0.2, 0) is 14.4 Å². The maximum Gasteiger partial charge on any atom is 0.267 e. The monoisotopic (exact) mass is 317 g/mol. The van der Waals surface area contributed by atoms with E-state index in [1.807, 2.05) is 6.07 Å². The van der Waals surface area contributed by atoms with E-state index in [0.717, 1.165) is 38.0 Å². The Morgan fingerprint density at radius 2 is 2.00 bits per heavy atom. The summed E-state index contributed by atoms with van der Waals surface area (Å²) in [5.74, 6) is 0.834. The number of piperidine rings is 2. The van der Waals surface area contributed by atoms with Crippen LogP contribution in [0.15, 0.2) is 18.3 Å². The van der Waals surface area contributed by atoms with Gasteiger partial charge in [0.05, 0.1) is 6.20 Å². The van der Waals surface area contributed by atoms with Gasteiger partial charge in [0, 0.05) is 31.8 Å². The number of hydrogen-bond donors (Lipinski definition) is 1. The Labute approximate surface area is 134 Å². The first-order valence-corrected chi connectivity index (χ1v) is 7.82. The molecule has 1 aromatic rings. The molecule has 2 aliphatic rings. The lowest BCUT2D eigenvalue weighted by Gasteiger charge is -2.30. The number of imide groups is 1. The van der Waals surface area contributed by atoms with Crippen molar-refractivity contribution in [2.45, 2.75) is 31.8 Å². The van der Waals surface area contributed by atoms with Crippen LogP contribution in [0, 0.1) is 5.92 Å². The molecule has 3 heterocycles. The number of nitrogens with zero attached hydrogens (tertiary/aromatic N) is 2. The Morgan fingerprint density at radius 3 is 2.61 bits per heavy atom. The van der Waals surface area contributed by atoms with Gasteiger partial charge in [0.1, 0.15) is 17.9 Å². The number of amides is 2. The van der Waals surface area contributed by atoms with Crippen LogP contribution in [0.3, 0.4) is 0 Å². The molecular formula is C16H19N3O4. The maximum atomic E-state index is 11.7. The summed E-state index contributed by atoms with van der Waals surface area (Å²) in [4.78, 5) is 40.1. The lowest BCUT2D eigenvalue weighted by molar-refractivity contribution is -0.138. The topological polar surface area (TPSA) is 88.6 Å². The van der Waals surface area contributed by atoms with Gasteiger partial charge < -0.3 is 14.4 Å². The summed E-state index contributed by atoms with van der Waals surface area (Å²) in [6.07, 6.45) is 4.33. The van der Waals surface area contributed by atoms with Gasteiger partial charge in [0.25, 0.3) is 5.91 Å². The first-order valence-electron chi connectivity index (χ1n) is 7.82. The van der Waals surface area contributed by atoms with Gasteiger partial charge in [-0.2, -0.15) is 0 Å². The molecule has 1 aromatic heterocycles. The molecule has 0 radical (unpaired) electrons. The number of pyridine rings is 1. The van der Waals surface area contributed by atoms with Crippen LogP contribution in [0.1, 0.15) is 25.7 Å². The summed E-state index contributed by atoms with van der Waals surface area (Å²) in [6, 6.07) is 3.63. The van der Waals surface area contributed by atoms with Gasteiger partial charge in [-0.25, -0.2) is 4.98 Å². The van der Waals surface area contributed by atoms with Gasteiger partial charge in [-0.05, 0) is 25.0 Å². The molecule has 2 fully saturated rings. The van der Waals surface area contributed by atoms with Crippen LogP contribution in [0.25, 0.3) is 0 Å². The molecule has 1 unspecified atom stereocenters. The zero-order valence-electron chi connectivity index (χ0n) is 12.7. The van der Waals surface area contributed by atoms with Crippen LogP contribution >= 0.6 is 0 Å². The molecule has 1 atom stereocenters. The second-order valence-corrected chi connectivity index (χ2v) is 5.87. The highest BCUT2D eigenvalue weighted by Gasteiger charge is 2.28. The van der Waals surface area contributed by atoms with Crippen molar-refractivity contribution in [1.29, 1.82) is 0 Å². The fourth-order valence-corrected chi connectivity index (χ4v) is 2.84. The molecule has 2 saturated heterocycles. The van der Waals surface area contributed by atoms with Crippen molar-refractivity contribution in [3.05, 3.63) is 18.3 Å². The number of rotatable bonds is 4. The molecule has 7 nitrogen and oxygen atoms in total. The average Bonchev–Trinajstić information content (AvgIpc) is 2.58. The highest BCUT2D eigenvalue weighted by atomic mass is 16.5. The van der Waals surface area contributed by atoms with Crippen molar-refractivity contribution in [2.24, 2.45) is 5.92 Å². The normalized spacial score (nSPS) is 22.6. The Balaban J connectivity index is 1.58. The summed E-state index contributed by atoms with van der Waals surface area (Å²) in [5, 5.41) is 2.26. The van der Waals surface area contributed by atoms with Crippen molar-refractivity contribution < 1.29 is 19.1 Å². The highest BCUT2D eigenvalue weighted by molar-refractivity contribution is 5.99. The minimum absolute atomic E-state index is 0.154. The predicted molar refractivity (Wildman–Crippen MR) is 82.0 cm³/mol. The summed E-state index contributed by atoms with van der Waals surface area (Å²) >= 11 is 0. The third-order valence-corrected chi connectivity index (χ3v) is 4.24. The number of ether oxygens (including phenoxy) is 1. The SMILES string of the molecule is O=CC1CCN(c2ccc(OC3CCC(=O)NC3=O)cn2)CC1. The lowest BCUT2D eigenvalue weighted by atomic mass is 9.99. The van der Waals surface area contributed by atoms with Gasteiger partial charge in [0.2, 0.25) is 5.91 Å². The quantitative estimate of drug-likeness (QED) is 0.649. The standard InChI is InChI=1S/C16H19N3O4/c20-10-11-5-7-19(8-6-11)14-3-1-12(9-17-14)23-13-2-4-15(21)18-16(13)22/h1,3,9-11,13H,2,4-8H2,(H,18,21,22). The minimum atomic E-state index is -0.649. The Morgan fingerprint density at radius 1 is 1.22 bits per heavy atom. The van der Waals surface area contributed by atoms with Gasteiger partial charge in [-0.3, -0.25) is 14.9 Å². The largest absolute Gasteiger partial charge is 0.479 e. The number of aldehydes is 1. The Bertz CT molecular complexity index is 594. The van der Waals surface area contributed by atoms with E-state index in [-0.39, 0.29) is 18.2 Å². The van der Waals surface area contributed by atoms with Gasteiger partial charge >= 0.3 is 0 Å². The second-order valence-electron chi connectivity index (χ2n) is 5.87. The van der Waals surface area contributed by atoms with E-state index < -0.39 is 12.0 Å². The molecule has 122 valence electrons. The highest BCUT2D eigenvalue weighted by Crippen LogP contribution is 2.23. The van der Waals surface area contributed by atoms with Gasteiger partial charge in [-0.15, -0.1) is 0 Å². The fraction of sp³-hybridized carbons (Fsp3) is 0.500. The third-order valence-electron chi connectivity index (χ3n) is 4.24. The van der Waals surface area contributed by atoms with Crippen molar-refractivity contribution in [3.8, 4) is 5.75 Å². The van der Waals surface area contributed by atoms with Crippen molar-refractivity contribution in [1.82, 2.24) is 10.3 Å². The van der Waals surface area contributed by atoms with E-state index in [2.05, 4.69) is 15.2 Å². The molecule has 7 heteroatoms. The molecule has 0 aliphatic carbocycles. The molecule has 0 saturated carbocycles. The predicted octanol–water partition coefficient (Wildman–Crippen LogP) is 0.681. The van der Waals surface area contributed by atoms with E-state index in [0.29, 0.717) is 12.2 Å². The van der Waals surface area contributed by atoms with Crippen LogP contribution in [0.4, 0.5) is 5.82 Å². The molecular weight excluding hydrogens is 298 g/mol. The summed E-state index contributed by atoms with van der Waals surface area (Å²) in [6.45, 7) is 1.62. The summed E-state index contributed by atoms with van der Waals surface area (Å²) in [5.41, 5.74) is 0. The molecule has 1 N–H and O–H groups in total. The molecule has 23 heavy (non-hydrogen) atoms.